The first-order valence-electron chi connectivity index (χ1n) is 6.42. The number of ether oxygens (including phenoxy) is 3. The number of esters is 3. The molecular formula is C16H18O6. The first-order chi connectivity index (χ1) is 10.5. The third-order valence-electron chi connectivity index (χ3n) is 2.07. The van der Waals surface area contributed by atoms with Crippen molar-refractivity contribution in [2.45, 2.75) is 13.8 Å². The molecule has 0 fully saturated rings. The smallest absolute Gasteiger partial charge is 0.338 e. The van der Waals surface area contributed by atoms with Crippen LogP contribution in [0.2, 0.25) is 0 Å². The van der Waals surface area contributed by atoms with Gasteiger partial charge in [0.1, 0.15) is 11.5 Å². The normalized spacial score (nSPS) is 8.68. The Kier molecular flexibility index (Phi) is 8.62. The average molecular weight is 306 g/mol. The van der Waals surface area contributed by atoms with E-state index >= 15 is 0 Å². The molecule has 1 aromatic rings. The lowest BCUT2D eigenvalue weighted by Crippen LogP contribution is -2.08. The fourth-order valence-corrected chi connectivity index (χ4v) is 1.24. The summed E-state index contributed by atoms with van der Waals surface area (Å²) < 4.78 is 14.3. The summed E-state index contributed by atoms with van der Waals surface area (Å²) in [6, 6.07) is 3.83. The minimum atomic E-state index is -0.715. The van der Waals surface area contributed by atoms with Crippen molar-refractivity contribution in [2.75, 3.05) is 7.11 Å². The first kappa shape index (κ1) is 19.1. The number of carbonyl (C=O) groups excluding carboxylic acids is 3. The monoisotopic (exact) mass is 306 g/mol. The summed E-state index contributed by atoms with van der Waals surface area (Å²) in [7, 11) is 1.19. The lowest BCUT2D eigenvalue weighted by molar-refractivity contribution is -0.129. The molecule has 0 amide bonds. The van der Waals surface area contributed by atoms with Crippen molar-refractivity contribution >= 4 is 17.9 Å². The SMILES string of the molecule is C=CC(=O)Oc1cc(OC(=O)C=C)cc(C(=O)OC)c1.CC. The van der Waals surface area contributed by atoms with Crippen molar-refractivity contribution in [3.05, 3.63) is 49.1 Å². The van der Waals surface area contributed by atoms with Crippen molar-refractivity contribution in [3.63, 3.8) is 0 Å². The molecule has 6 nitrogen and oxygen atoms in total. The molecule has 1 rings (SSSR count). The second-order valence-electron chi connectivity index (χ2n) is 3.44. The van der Waals surface area contributed by atoms with Gasteiger partial charge in [-0.05, 0) is 12.1 Å². The van der Waals surface area contributed by atoms with Crippen molar-refractivity contribution in [2.24, 2.45) is 0 Å². The summed E-state index contributed by atoms with van der Waals surface area (Å²) in [5, 5.41) is 0. The Balaban J connectivity index is 0.00000211. The van der Waals surface area contributed by atoms with Crippen molar-refractivity contribution in [1.29, 1.82) is 0 Å². The maximum absolute atomic E-state index is 11.5. The van der Waals surface area contributed by atoms with Gasteiger partial charge in [0, 0.05) is 18.2 Å². The fourth-order valence-electron chi connectivity index (χ4n) is 1.24. The van der Waals surface area contributed by atoms with Gasteiger partial charge in [-0.3, -0.25) is 0 Å². The van der Waals surface area contributed by atoms with Gasteiger partial charge in [-0.15, -0.1) is 0 Å². The number of benzene rings is 1. The molecular weight excluding hydrogens is 288 g/mol. The van der Waals surface area contributed by atoms with E-state index in [0.29, 0.717) is 0 Å². The second kappa shape index (κ2) is 9.93. The molecule has 0 unspecified atom stereocenters. The van der Waals surface area contributed by atoms with Crippen LogP contribution in [0.15, 0.2) is 43.5 Å². The highest BCUT2D eigenvalue weighted by Crippen LogP contribution is 2.24. The van der Waals surface area contributed by atoms with Gasteiger partial charge in [0.2, 0.25) is 0 Å². The van der Waals surface area contributed by atoms with Crippen molar-refractivity contribution in [1.82, 2.24) is 0 Å². The molecule has 0 N–H and O–H groups in total. The molecule has 0 heterocycles. The molecule has 0 saturated heterocycles. The van der Waals surface area contributed by atoms with Gasteiger partial charge in [0.25, 0.3) is 0 Å². The molecule has 0 aromatic heterocycles. The van der Waals surface area contributed by atoms with Gasteiger partial charge in [-0.1, -0.05) is 27.0 Å². The van der Waals surface area contributed by atoms with E-state index in [1.165, 1.54) is 25.3 Å². The molecule has 0 radical (unpaired) electrons. The summed E-state index contributed by atoms with van der Waals surface area (Å²) >= 11 is 0. The van der Waals surface area contributed by atoms with Gasteiger partial charge in [-0.2, -0.15) is 0 Å². The lowest BCUT2D eigenvalue weighted by Gasteiger charge is -2.08. The van der Waals surface area contributed by atoms with Gasteiger partial charge in [0.15, 0.2) is 0 Å². The van der Waals surface area contributed by atoms with Gasteiger partial charge in [0.05, 0.1) is 12.7 Å². The van der Waals surface area contributed by atoms with Crippen LogP contribution in [0.5, 0.6) is 11.5 Å². The van der Waals surface area contributed by atoms with Crippen LogP contribution in [-0.4, -0.2) is 25.0 Å². The van der Waals surface area contributed by atoms with E-state index in [9.17, 15) is 14.4 Å². The number of hydrogen-bond donors (Lipinski definition) is 0. The minimum absolute atomic E-state index is 0.0182. The summed E-state index contributed by atoms with van der Waals surface area (Å²) in [5.41, 5.74) is 0.0636. The van der Waals surface area contributed by atoms with Crippen LogP contribution in [0.3, 0.4) is 0 Å². The van der Waals surface area contributed by atoms with E-state index in [0.717, 1.165) is 12.2 Å². The van der Waals surface area contributed by atoms with E-state index in [2.05, 4.69) is 17.9 Å². The highest BCUT2D eigenvalue weighted by molar-refractivity contribution is 5.91. The quantitative estimate of drug-likeness (QED) is 0.473. The van der Waals surface area contributed by atoms with Gasteiger partial charge < -0.3 is 14.2 Å². The van der Waals surface area contributed by atoms with Gasteiger partial charge in [-0.25, -0.2) is 14.4 Å². The largest absolute Gasteiger partial charge is 0.465 e. The first-order valence-corrected chi connectivity index (χ1v) is 6.42. The molecule has 0 aliphatic heterocycles. The van der Waals surface area contributed by atoms with Crippen LogP contribution in [0.1, 0.15) is 24.2 Å². The Morgan fingerprint density at radius 2 is 1.32 bits per heavy atom. The van der Waals surface area contributed by atoms with Crippen LogP contribution in [0, 0.1) is 0 Å². The number of rotatable bonds is 5. The Morgan fingerprint density at radius 3 is 1.64 bits per heavy atom. The molecule has 118 valence electrons. The lowest BCUT2D eigenvalue weighted by atomic mass is 10.2. The van der Waals surface area contributed by atoms with E-state index in [-0.39, 0.29) is 17.1 Å². The van der Waals surface area contributed by atoms with Crippen LogP contribution in [-0.2, 0) is 14.3 Å². The average Bonchev–Trinajstić information content (AvgIpc) is 2.55. The second-order valence-corrected chi connectivity index (χ2v) is 3.44. The van der Waals surface area contributed by atoms with Gasteiger partial charge >= 0.3 is 17.9 Å². The molecule has 0 atom stereocenters. The summed E-state index contributed by atoms with van der Waals surface area (Å²) in [4.78, 5) is 33.8. The molecule has 22 heavy (non-hydrogen) atoms. The third kappa shape index (κ3) is 6.04. The highest BCUT2D eigenvalue weighted by atomic mass is 16.5. The zero-order chi connectivity index (χ0) is 17.1. The Hall–Kier alpha value is -2.89. The molecule has 0 bridgehead atoms. The standard InChI is InChI=1S/C14H12O6.C2H6/c1-4-12(15)19-10-6-9(14(17)18-3)7-11(8-10)20-13(16)5-2;1-2/h4-8H,1-2H2,3H3;1-2H3. The molecule has 1 aromatic carbocycles. The molecule has 0 aliphatic rings. The summed E-state index contributed by atoms with van der Waals surface area (Å²) in [5.74, 6) is -2.06. The topological polar surface area (TPSA) is 78.9 Å². The fraction of sp³-hybridized carbons (Fsp3) is 0.188. The predicted molar refractivity (Wildman–Crippen MR) is 80.8 cm³/mol. The van der Waals surface area contributed by atoms with Crippen molar-refractivity contribution in [3.8, 4) is 11.5 Å². The number of carbonyl (C=O) groups is 3. The highest BCUT2D eigenvalue weighted by Gasteiger charge is 2.13. The van der Waals surface area contributed by atoms with Crippen molar-refractivity contribution < 1.29 is 28.6 Å². The Morgan fingerprint density at radius 1 is 0.909 bits per heavy atom. The van der Waals surface area contributed by atoms with Crippen LogP contribution in [0.4, 0.5) is 0 Å². The van der Waals surface area contributed by atoms with E-state index in [4.69, 9.17) is 9.47 Å². The predicted octanol–water partition coefficient (Wildman–Crippen LogP) is 2.68. The molecule has 0 saturated carbocycles. The molecule has 6 heteroatoms. The van der Waals surface area contributed by atoms with E-state index < -0.39 is 17.9 Å². The number of methoxy groups -OCH3 is 1. The van der Waals surface area contributed by atoms with Crippen LogP contribution < -0.4 is 9.47 Å². The zero-order valence-corrected chi connectivity index (χ0v) is 12.8. The van der Waals surface area contributed by atoms with Crippen LogP contribution >= 0.6 is 0 Å². The Bertz CT molecular complexity index is 534. The minimum Gasteiger partial charge on any atom is -0.465 e. The summed E-state index contributed by atoms with van der Waals surface area (Å²) in [6.45, 7) is 10.5. The van der Waals surface area contributed by atoms with E-state index in [1.54, 1.807) is 0 Å². The molecule has 0 aliphatic carbocycles. The number of hydrogen-bond acceptors (Lipinski definition) is 6. The maximum atomic E-state index is 11.5. The van der Waals surface area contributed by atoms with E-state index in [1.807, 2.05) is 13.8 Å². The maximum Gasteiger partial charge on any atom is 0.338 e. The zero-order valence-electron chi connectivity index (χ0n) is 12.8. The Labute approximate surface area is 129 Å². The van der Waals surface area contributed by atoms with Crippen LogP contribution in [0.25, 0.3) is 0 Å². The summed E-state index contributed by atoms with van der Waals surface area (Å²) in [6.07, 6.45) is 1.92. The third-order valence-corrected chi connectivity index (χ3v) is 2.07. The molecule has 0 spiro atoms.